The molecule has 0 bridgehead atoms. The molecule has 5 aromatic rings. The second kappa shape index (κ2) is 9.95. The van der Waals surface area contributed by atoms with Crippen molar-refractivity contribution >= 4 is 11.3 Å². The molecule has 0 aliphatic carbocycles. The molecule has 1 fully saturated rings. The van der Waals surface area contributed by atoms with Crippen LogP contribution in [0.1, 0.15) is 24.3 Å². The van der Waals surface area contributed by atoms with E-state index in [1.807, 2.05) is 59.1 Å². The van der Waals surface area contributed by atoms with Gasteiger partial charge in [-0.2, -0.15) is 5.10 Å². The van der Waals surface area contributed by atoms with Gasteiger partial charge in [0.1, 0.15) is 29.1 Å². The summed E-state index contributed by atoms with van der Waals surface area (Å²) in [7, 11) is 1.69. The van der Waals surface area contributed by atoms with Gasteiger partial charge in [-0.05, 0) is 79.4 Å². The maximum Gasteiger partial charge on any atom is 0.152 e. The van der Waals surface area contributed by atoms with Crippen LogP contribution in [0.15, 0.2) is 85.2 Å². The molecule has 1 saturated heterocycles. The highest BCUT2D eigenvalue weighted by Crippen LogP contribution is 2.46. The van der Waals surface area contributed by atoms with Crippen molar-refractivity contribution in [2.45, 2.75) is 18.8 Å². The van der Waals surface area contributed by atoms with Crippen molar-refractivity contribution in [3.8, 4) is 39.6 Å². The Kier molecular flexibility index (Phi) is 6.20. The number of anilines is 1. The summed E-state index contributed by atoms with van der Waals surface area (Å²) < 4.78 is 13.6. The van der Waals surface area contributed by atoms with Gasteiger partial charge in [0.15, 0.2) is 5.82 Å². The zero-order chi connectivity index (χ0) is 25.2. The highest BCUT2D eigenvalue weighted by Gasteiger charge is 2.30. The van der Waals surface area contributed by atoms with Crippen LogP contribution in [-0.2, 0) is 0 Å². The molecule has 3 aromatic carbocycles. The lowest BCUT2D eigenvalue weighted by Crippen LogP contribution is -2.27. The van der Waals surface area contributed by atoms with Crippen LogP contribution in [0.2, 0.25) is 0 Å². The molecule has 0 unspecified atom stereocenters. The number of nitrogens with zero attached hydrogens (tertiary/aromatic N) is 3. The summed E-state index contributed by atoms with van der Waals surface area (Å²) in [6.07, 6.45) is 3.59. The molecule has 0 spiro atoms. The van der Waals surface area contributed by atoms with Crippen molar-refractivity contribution in [3.05, 3.63) is 90.8 Å². The molecule has 6 rings (SSSR count). The molecule has 3 N–H and O–H groups in total. The molecule has 1 aliphatic rings. The summed E-state index contributed by atoms with van der Waals surface area (Å²) in [5, 5.41) is 8.19. The molecule has 37 heavy (non-hydrogen) atoms. The van der Waals surface area contributed by atoms with Gasteiger partial charge in [-0.1, -0.05) is 42.5 Å². The number of nitrogens with two attached hydrogens (primary N) is 1. The van der Waals surface area contributed by atoms with E-state index in [2.05, 4.69) is 34.6 Å². The van der Waals surface area contributed by atoms with Crippen molar-refractivity contribution in [3.63, 3.8) is 0 Å². The van der Waals surface area contributed by atoms with Crippen molar-refractivity contribution in [2.24, 2.45) is 0 Å². The normalized spacial score (nSPS) is 14.1. The van der Waals surface area contributed by atoms with E-state index in [1.165, 1.54) is 11.9 Å². The van der Waals surface area contributed by atoms with E-state index in [1.54, 1.807) is 7.11 Å². The lowest BCUT2D eigenvalue weighted by atomic mass is 9.84. The van der Waals surface area contributed by atoms with E-state index < -0.39 is 0 Å². The number of piperidine rings is 1. The molecule has 7 nitrogen and oxygen atoms in total. The summed E-state index contributed by atoms with van der Waals surface area (Å²) >= 11 is 0. The van der Waals surface area contributed by atoms with E-state index in [0.717, 1.165) is 71.1 Å². The van der Waals surface area contributed by atoms with Gasteiger partial charge in [0.25, 0.3) is 0 Å². The third-order valence-corrected chi connectivity index (χ3v) is 7.00. The quantitative estimate of drug-likeness (QED) is 0.307. The Balaban J connectivity index is 1.56. The standard InChI is InChI=1S/C30H29N5O2/c1-36-25-9-5-6-22(18-25)28-26(21-14-16-32-17-15-21)27(29-30(31)33-19-34-35(28)29)20-10-12-24(13-11-20)37-23-7-3-2-4-8-23/h2-13,18-19,21,32H,14-17H2,1H3,(H2,31,33,34). The fraction of sp³-hybridized carbons (Fsp3) is 0.200. The number of para-hydroxylation sites is 1. The first-order valence-electron chi connectivity index (χ1n) is 12.6. The van der Waals surface area contributed by atoms with Gasteiger partial charge in [0, 0.05) is 11.1 Å². The predicted octanol–water partition coefficient (Wildman–Crippen LogP) is 5.91. The zero-order valence-corrected chi connectivity index (χ0v) is 20.7. The minimum absolute atomic E-state index is 0.346. The first kappa shape index (κ1) is 23.1. The molecular formula is C30H29N5O2. The van der Waals surface area contributed by atoms with Crippen LogP contribution >= 0.6 is 0 Å². The molecule has 0 radical (unpaired) electrons. The van der Waals surface area contributed by atoms with Crippen molar-refractivity contribution in [1.82, 2.24) is 19.9 Å². The van der Waals surface area contributed by atoms with E-state index in [9.17, 15) is 0 Å². The van der Waals surface area contributed by atoms with E-state index in [4.69, 9.17) is 20.3 Å². The molecule has 0 amide bonds. The third kappa shape index (κ3) is 4.38. The topological polar surface area (TPSA) is 86.7 Å². The molecule has 1 aliphatic heterocycles. The highest BCUT2D eigenvalue weighted by atomic mass is 16.5. The van der Waals surface area contributed by atoms with Crippen LogP contribution in [0.5, 0.6) is 17.2 Å². The summed E-state index contributed by atoms with van der Waals surface area (Å²) in [5.41, 5.74) is 12.8. The number of nitrogen functional groups attached to an aromatic ring is 1. The summed E-state index contributed by atoms with van der Waals surface area (Å²) in [5.74, 6) is 3.18. The van der Waals surface area contributed by atoms with E-state index in [-0.39, 0.29) is 0 Å². The molecule has 3 heterocycles. The van der Waals surface area contributed by atoms with Gasteiger partial charge in [-0.25, -0.2) is 9.50 Å². The minimum Gasteiger partial charge on any atom is -0.497 e. The minimum atomic E-state index is 0.346. The fourth-order valence-corrected chi connectivity index (χ4v) is 5.29. The number of methoxy groups -OCH3 is 1. The van der Waals surface area contributed by atoms with Crippen LogP contribution in [-0.4, -0.2) is 34.8 Å². The number of hydrogen-bond donors (Lipinski definition) is 2. The summed E-state index contributed by atoms with van der Waals surface area (Å²) in [4.78, 5) is 4.38. The Morgan fingerprint density at radius 1 is 0.865 bits per heavy atom. The van der Waals surface area contributed by atoms with E-state index >= 15 is 0 Å². The average molecular weight is 492 g/mol. The summed E-state index contributed by atoms with van der Waals surface area (Å²) in [6.45, 7) is 1.94. The maximum absolute atomic E-state index is 6.54. The van der Waals surface area contributed by atoms with Gasteiger partial charge in [-0.3, -0.25) is 0 Å². The third-order valence-electron chi connectivity index (χ3n) is 7.00. The smallest absolute Gasteiger partial charge is 0.152 e. The number of ether oxygens (including phenoxy) is 2. The van der Waals surface area contributed by atoms with Gasteiger partial charge < -0.3 is 20.5 Å². The first-order valence-corrected chi connectivity index (χ1v) is 12.6. The fourth-order valence-electron chi connectivity index (χ4n) is 5.29. The zero-order valence-electron chi connectivity index (χ0n) is 20.7. The molecule has 7 heteroatoms. The Hall–Kier alpha value is -4.36. The second-order valence-electron chi connectivity index (χ2n) is 9.24. The Labute approximate surface area is 215 Å². The van der Waals surface area contributed by atoms with E-state index in [0.29, 0.717) is 11.7 Å². The predicted molar refractivity (Wildman–Crippen MR) is 146 cm³/mol. The molecule has 0 atom stereocenters. The van der Waals surface area contributed by atoms with Crippen LogP contribution in [0.25, 0.3) is 27.9 Å². The van der Waals surface area contributed by atoms with Gasteiger partial charge in [0.05, 0.1) is 12.8 Å². The molecule has 0 saturated carbocycles. The monoisotopic (exact) mass is 491 g/mol. The van der Waals surface area contributed by atoms with Crippen molar-refractivity contribution < 1.29 is 9.47 Å². The van der Waals surface area contributed by atoms with Gasteiger partial charge in [0.2, 0.25) is 0 Å². The highest BCUT2D eigenvalue weighted by molar-refractivity contribution is 5.96. The van der Waals surface area contributed by atoms with Crippen molar-refractivity contribution in [1.29, 1.82) is 0 Å². The van der Waals surface area contributed by atoms with Gasteiger partial charge in [-0.15, -0.1) is 0 Å². The number of hydrogen-bond acceptors (Lipinski definition) is 6. The van der Waals surface area contributed by atoms with Crippen LogP contribution in [0.3, 0.4) is 0 Å². The van der Waals surface area contributed by atoms with Crippen molar-refractivity contribution in [2.75, 3.05) is 25.9 Å². The van der Waals surface area contributed by atoms with Crippen LogP contribution in [0.4, 0.5) is 5.82 Å². The number of benzene rings is 3. The lowest BCUT2D eigenvalue weighted by Gasteiger charge is -2.25. The Bertz CT molecular complexity index is 1520. The summed E-state index contributed by atoms with van der Waals surface area (Å²) in [6, 6.07) is 26.1. The molecule has 2 aromatic heterocycles. The number of nitrogens with one attached hydrogen (secondary N) is 1. The average Bonchev–Trinajstić information content (AvgIpc) is 3.31. The van der Waals surface area contributed by atoms with Crippen LogP contribution < -0.4 is 20.5 Å². The van der Waals surface area contributed by atoms with Crippen LogP contribution in [0, 0.1) is 0 Å². The Morgan fingerprint density at radius 2 is 1.59 bits per heavy atom. The second-order valence-corrected chi connectivity index (χ2v) is 9.24. The largest absolute Gasteiger partial charge is 0.497 e. The lowest BCUT2D eigenvalue weighted by molar-refractivity contribution is 0.415. The number of fused-ring (bicyclic) bond motifs is 1. The Morgan fingerprint density at radius 3 is 2.35 bits per heavy atom. The SMILES string of the molecule is COc1cccc(-c2c(C3CCNCC3)c(-c3ccc(Oc4ccccc4)cc3)c3c(N)ncnn23)c1. The number of rotatable bonds is 6. The first-order chi connectivity index (χ1) is 18.2. The number of aromatic nitrogens is 3. The molecule has 186 valence electrons. The van der Waals surface area contributed by atoms with Gasteiger partial charge >= 0.3 is 0 Å². The molecular weight excluding hydrogens is 462 g/mol. The maximum atomic E-state index is 6.54.